The Morgan fingerprint density at radius 3 is 2.94 bits per heavy atom. The van der Waals surface area contributed by atoms with E-state index in [-0.39, 0.29) is 5.97 Å². The van der Waals surface area contributed by atoms with Crippen molar-refractivity contribution >= 4 is 22.3 Å². The zero-order valence-corrected chi connectivity index (χ0v) is 10.8. The average Bonchev–Trinajstić information content (AvgIpc) is 2.75. The van der Waals surface area contributed by atoms with Crippen molar-refractivity contribution in [2.75, 3.05) is 11.4 Å². The Morgan fingerprint density at radius 2 is 2.38 bits per heavy atom. The third-order valence-corrected chi connectivity index (χ3v) is 4.13. The lowest BCUT2D eigenvalue weighted by atomic mass is 10.2. The summed E-state index contributed by atoms with van der Waals surface area (Å²) >= 11 is 1.67. The molecule has 1 fully saturated rings. The summed E-state index contributed by atoms with van der Waals surface area (Å²) in [7, 11) is 0. The maximum absolute atomic E-state index is 10.9. The molecule has 88 valence electrons. The molecule has 1 atom stereocenters. The molecule has 1 aliphatic heterocycles. The van der Waals surface area contributed by atoms with Crippen LogP contribution in [0.25, 0.3) is 0 Å². The molecule has 0 spiro atoms. The molecule has 0 N–H and O–H groups in total. The maximum atomic E-state index is 10.9. The number of rotatable bonds is 2. The third-order valence-electron chi connectivity index (χ3n) is 3.04. The maximum Gasteiger partial charge on any atom is 0.308 e. The second kappa shape index (κ2) is 4.45. The molecule has 0 amide bonds. The van der Waals surface area contributed by atoms with Crippen molar-refractivity contribution in [2.45, 2.75) is 39.7 Å². The van der Waals surface area contributed by atoms with Crippen molar-refractivity contribution in [3.8, 4) is 5.75 Å². The molecule has 1 aromatic heterocycles. The standard InChI is InChI=1S/C12H17NO2S/c1-8-5-4-6-13(8)12-9(2)11(7-16-12)15-10(3)14/h7-8H,4-6H2,1-3H3. The predicted molar refractivity (Wildman–Crippen MR) is 66.4 cm³/mol. The summed E-state index contributed by atoms with van der Waals surface area (Å²) in [6, 6.07) is 0.600. The van der Waals surface area contributed by atoms with Gasteiger partial charge in [-0.25, -0.2) is 0 Å². The molecule has 2 heterocycles. The molecule has 3 nitrogen and oxygen atoms in total. The molecule has 0 aromatic carbocycles. The molecule has 0 bridgehead atoms. The molecule has 1 unspecified atom stereocenters. The molecule has 0 radical (unpaired) electrons. The second-order valence-electron chi connectivity index (χ2n) is 4.31. The quantitative estimate of drug-likeness (QED) is 0.743. The largest absolute Gasteiger partial charge is 0.425 e. The van der Waals surface area contributed by atoms with Crippen LogP contribution >= 0.6 is 11.3 Å². The van der Waals surface area contributed by atoms with Crippen LogP contribution in [-0.2, 0) is 4.79 Å². The number of hydrogen-bond donors (Lipinski definition) is 0. The molecule has 4 heteroatoms. The van der Waals surface area contributed by atoms with E-state index in [9.17, 15) is 4.79 Å². The summed E-state index contributed by atoms with van der Waals surface area (Å²) in [4.78, 5) is 13.3. The molecular formula is C12H17NO2S. The van der Waals surface area contributed by atoms with Crippen LogP contribution in [0, 0.1) is 6.92 Å². The fraction of sp³-hybridized carbons (Fsp3) is 0.583. The van der Waals surface area contributed by atoms with Gasteiger partial charge in [-0.15, -0.1) is 11.3 Å². The van der Waals surface area contributed by atoms with E-state index in [1.807, 2.05) is 12.3 Å². The van der Waals surface area contributed by atoms with Crippen molar-refractivity contribution in [1.29, 1.82) is 0 Å². The first-order chi connectivity index (χ1) is 7.59. The van der Waals surface area contributed by atoms with Crippen LogP contribution in [-0.4, -0.2) is 18.6 Å². The van der Waals surface area contributed by atoms with E-state index in [0.717, 1.165) is 12.1 Å². The zero-order valence-electron chi connectivity index (χ0n) is 9.95. The Hall–Kier alpha value is -1.03. The highest BCUT2D eigenvalue weighted by atomic mass is 32.1. The van der Waals surface area contributed by atoms with Crippen molar-refractivity contribution in [3.63, 3.8) is 0 Å². The Morgan fingerprint density at radius 1 is 1.62 bits per heavy atom. The van der Waals surface area contributed by atoms with E-state index in [1.165, 1.54) is 24.8 Å². The SMILES string of the molecule is CC(=O)Oc1csc(N2CCCC2C)c1C. The number of thiophene rings is 1. The summed E-state index contributed by atoms with van der Waals surface area (Å²) in [6.45, 7) is 6.82. The van der Waals surface area contributed by atoms with Gasteiger partial charge >= 0.3 is 5.97 Å². The fourth-order valence-electron chi connectivity index (χ4n) is 2.17. The first kappa shape index (κ1) is 11.5. The molecule has 1 aliphatic rings. The summed E-state index contributed by atoms with van der Waals surface area (Å²) in [6.07, 6.45) is 2.50. The minimum atomic E-state index is -0.248. The van der Waals surface area contributed by atoms with Gasteiger partial charge in [-0.1, -0.05) is 0 Å². The van der Waals surface area contributed by atoms with Gasteiger partial charge in [-0.2, -0.15) is 0 Å². The van der Waals surface area contributed by atoms with E-state index in [4.69, 9.17) is 4.74 Å². The van der Waals surface area contributed by atoms with Crippen LogP contribution in [0.5, 0.6) is 5.75 Å². The van der Waals surface area contributed by atoms with Gasteiger partial charge in [0.25, 0.3) is 0 Å². The highest BCUT2D eigenvalue weighted by Crippen LogP contribution is 2.39. The van der Waals surface area contributed by atoms with E-state index in [0.29, 0.717) is 11.8 Å². The Bertz CT molecular complexity index is 400. The van der Waals surface area contributed by atoms with Crippen LogP contribution in [0.1, 0.15) is 32.3 Å². The highest BCUT2D eigenvalue weighted by Gasteiger charge is 2.24. The van der Waals surface area contributed by atoms with Gasteiger partial charge in [0.2, 0.25) is 0 Å². The number of anilines is 1. The number of carbonyl (C=O) groups is 1. The van der Waals surface area contributed by atoms with Gasteiger partial charge in [-0.3, -0.25) is 4.79 Å². The molecule has 2 rings (SSSR count). The van der Waals surface area contributed by atoms with Crippen LogP contribution in [0.2, 0.25) is 0 Å². The summed E-state index contributed by atoms with van der Waals surface area (Å²) in [5.41, 5.74) is 1.09. The number of nitrogens with zero attached hydrogens (tertiary/aromatic N) is 1. The Kier molecular flexibility index (Phi) is 3.19. The van der Waals surface area contributed by atoms with Gasteiger partial charge in [0.1, 0.15) is 5.75 Å². The smallest absolute Gasteiger partial charge is 0.308 e. The Labute approximate surface area is 100 Å². The minimum absolute atomic E-state index is 0.248. The summed E-state index contributed by atoms with van der Waals surface area (Å²) in [5, 5.41) is 3.18. The lowest BCUT2D eigenvalue weighted by Gasteiger charge is -2.22. The van der Waals surface area contributed by atoms with Crippen LogP contribution < -0.4 is 9.64 Å². The topological polar surface area (TPSA) is 29.5 Å². The molecule has 0 saturated carbocycles. The van der Waals surface area contributed by atoms with Crippen molar-refractivity contribution in [2.24, 2.45) is 0 Å². The third kappa shape index (κ3) is 2.07. The van der Waals surface area contributed by atoms with E-state index < -0.39 is 0 Å². The highest BCUT2D eigenvalue weighted by molar-refractivity contribution is 7.14. The zero-order chi connectivity index (χ0) is 11.7. The summed E-state index contributed by atoms with van der Waals surface area (Å²) in [5.74, 6) is 0.466. The normalized spacial score (nSPS) is 20.2. The van der Waals surface area contributed by atoms with Crippen LogP contribution in [0.3, 0.4) is 0 Å². The minimum Gasteiger partial charge on any atom is -0.425 e. The lowest BCUT2D eigenvalue weighted by Crippen LogP contribution is -2.25. The molecule has 1 aromatic rings. The number of ether oxygens (including phenoxy) is 1. The van der Waals surface area contributed by atoms with Gasteiger partial charge in [0.05, 0.1) is 5.00 Å². The number of hydrogen-bond acceptors (Lipinski definition) is 4. The van der Waals surface area contributed by atoms with Crippen LogP contribution in [0.4, 0.5) is 5.00 Å². The van der Waals surface area contributed by atoms with Crippen molar-refractivity contribution in [3.05, 3.63) is 10.9 Å². The number of carbonyl (C=O) groups excluding carboxylic acids is 1. The number of esters is 1. The average molecular weight is 239 g/mol. The molecule has 0 aliphatic carbocycles. The van der Waals surface area contributed by atoms with Gasteiger partial charge in [-0.05, 0) is 26.7 Å². The van der Waals surface area contributed by atoms with Gasteiger partial charge < -0.3 is 9.64 Å². The first-order valence-corrected chi connectivity index (χ1v) is 6.50. The van der Waals surface area contributed by atoms with Gasteiger partial charge in [0, 0.05) is 30.5 Å². The molecule has 1 saturated heterocycles. The molecule has 16 heavy (non-hydrogen) atoms. The van der Waals surface area contributed by atoms with Crippen molar-refractivity contribution in [1.82, 2.24) is 0 Å². The first-order valence-electron chi connectivity index (χ1n) is 5.62. The monoisotopic (exact) mass is 239 g/mol. The lowest BCUT2D eigenvalue weighted by molar-refractivity contribution is -0.131. The van der Waals surface area contributed by atoms with Gasteiger partial charge in [0.15, 0.2) is 0 Å². The van der Waals surface area contributed by atoms with E-state index in [1.54, 1.807) is 11.3 Å². The fourth-order valence-corrected chi connectivity index (χ4v) is 3.29. The van der Waals surface area contributed by atoms with E-state index >= 15 is 0 Å². The van der Waals surface area contributed by atoms with Crippen LogP contribution in [0.15, 0.2) is 5.38 Å². The molecular weight excluding hydrogens is 222 g/mol. The van der Waals surface area contributed by atoms with Crippen molar-refractivity contribution < 1.29 is 9.53 Å². The second-order valence-corrected chi connectivity index (χ2v) is 5.17. The van der Waals surface area contributed by atoms with E-state index in [2.05, 4.69) is 11.8 Å². The predicted octanol–water partition coefficient (Wildman–Crippen LogP) is 2.97. The Balaban J connectivity index is 2.22. The summed E-state index contributed by atoms with van der Waals surface area (Å²) < 4.78 is 5.17.